The largest absolute Gasteiger partial charge is 0.489 e. The molecule has 0 amide bonds. The molecule has 0 aliphatic carbocycles. The molecule has 2 aromatic carbocycles. The lowest BCUT2D eigenvalue weighted by molar-refractivity contribution is 0.305. The van der Waals surface area contributed by atoms with Gasteiger partial charge in [-0.1, -0.05) is 18.2 Å². The normalized spacial score (nSPS) is 14.3. The van der Waals surface area contributed by atoms with Gasteiger partial charge in [-0.15, -0.1) is 12.4 Å². The van der Waals surface area contributed by atoms with Crippen LogP contribution in [0, 0.1) is 5.82 Å². The quantitative estimate of drug-likeness (QED) is 0.935. The van der Waals surface area contributed by atoms with Crippen molar-refractivity contribution in [2.45, 2.75) is 6.61 Å². The topological polar surface area (TPSA) is 24.5 Å². The maximum Gasteiger partial charge on any atom is 0.123 e. The van der Waals surface area contributed by atoms with Crippen LogP contribution in [0.5, 0.6) is 5.75 Å². The molecule has 3 rings (SSSR count). The van der Waals surface area contributed by atoms with Crippen molar-refractivity contribution in [1.82, 2.24) is 5.32 Å². The smallest absolute Gasteiger partial charge is 0.123 e. The number of hydrogen-bond donors (Lipinski definition) is 1. The van der Waals surface area contributed by atoms with Gasteiger partial charge < -0.3 is 15.0 Å². The zero-order chi connectivity index (χ0) is 14.5. The Labute approximate surface area is 136 Å². The number of benzene rings is 2. The van der Waals surface area contributed by atoms with Crippen LogP contribution in [0.4, 0.5) is 10.1 Å². The molecule has 0 saturated carbocycles. The summed E-state index contributed by atoms with van der Waals surface area (Å²) in [5, 5.41) is 3.34. The Hall–Kier alpha value is -1.78. The molecule has 118 valence electrons. The third-order valence-corrected chi connectivity index (χ3v) is 3.59. The van der Waals surface area contributed by atoms with Gasteiger partial charge in [-0.25, -0.2) is 4.39 Å². The van der Waals surface area contributed by atoms with Gasteiger partial charge in [-0.2, -0.15) is 0 Å². The van der Waals surface area contributed by atoms with Gasteiger partial charge in [0.05, 0.1) is 0 Å². The molecule has 1 aliphatic rings. The van der Waals surface area contributed by atoms with Gasteiger partial charge in [0.1, 0.15) is 18.2 Å². The Bertz CT molecular complexity index is 603. The molecule has 0 spiro atoms. The van der Waals surface area contributed by atoms with Gasteiger partial charge in [0, 0.05) is 37.9 Å². The highest BCUT2D eigenvalue weighted by atomic mass is 35.5. The second-order valence-electron chi connectivity index (χ2n) is 5.15. The highest BCUT2D eigenvalue weighted by molar-refractivity contribution is 5.85. The van der Waals surface area contributed by atoms with E-state index in [9.17, 15) is 4.39 Å². The van der Waals surface area contributed by atoms with Crippen LogP contribution >= 0.6 is 12.4 Å². The van der Waals surface area contributed by atoms with Crippen molar-refractivity contribution in [2.24, 2.45) is 0 Å². The number of hydrogen-bond acceptors (Lipinski definition) is 3. The number of anilines is 1. The molecule has 1 fully saturated rings. The second-order valence-corrected chi connectivity index (χ2v) is 5.15. The van der Waals surface area contributed by atoms with Crippen LogP contribution in [-0.2, 0) is 6.61 Å². The summed E-state index contributed by atoms with van der Waals surface area (Å²) in [6.45, 7) is 4.41. The SMILES string of the molecule is Cl.Fc1cccc(COc2cccc(N3CCNCC3)c2)c1. The van der Waals surface area contributed by atoms with E-state index in [1.807, 2.05) is 24.3 Å². The standard InChI is InChI=1S/C17H19FN2O.ClH/c18-15-4-1-3-14(11-15)13-21-17-6-2-5-16(12-17)20-9-7-19-8-10-20;/h1-6,11-12,19H,7-10,13H2;1H. The third-order valence-electron chi connectivity index (χ3n) is 3.59. The third kappa shape index (κ3) is 4.36. The Morgan fingerprint density at radius 1 is 1.05 bits per heavy atom. The fraction of sp³-hybridized carbons (Fsp3) is 0.294. The molecule has 2 aromatic rings. The van der Waals surface area contributed by atoms with E-state index in [0.29, 0.717) is 6.61 Å². The number of piperazine rings is 1. The Morgan fingerprint density at radius 3 is 2.59 bits per heavy atom. The van der Waals surface area contributed by atoms with Crippen LogP contribution in [0.1, 0.15) is 5.56 Å². The van der Waals surface area contributed by atoms with Crippen molar-refractivity contribution in [3.05, 3.63) is 59.9 Å². The minimum absolute atomic E-state index is 0. The Morgan fingerprint density at radius 2 is 1.82 bits per heavy atom. The van der Waals surface area contributed by atoms with Gasteiger partial charge >= 0.3 is 0 Å². The summed E-state index contributed by atoms with van der Waals surface area (Å²) in [5.74, 6) is 0.584. The molecule has 5 heteroatoms. The zero-order valence-corrected chi connectivity index (χ0v) is 13.1. The van der Waals surface area contributed by atoms with E-state index >= 15 is 0 Å². The van der Waals surface area contributed by atoms with E-state index < -0.39 is 0 Å². The first-order valence-corrected chi connectivity index (χ1v) is 7.24. The van der Waals surface area contributed by atoms with Crippen molar-refractivity contribution in [3.63, 3.8) is 0 Å². The maximum absolute atomic E-state index is 13.1. The predicted molar refractivity (Wildman–Crippen MR) is 89.5 cm³/mol. The maximum atomic E-state index is 13.1. The summed E-state index contributed by atoms with van der Waals surface area (Å²) in [6, 6.07) is 14.6. The molecule has 0 atom stereocenters. The fourth-order valence-corrected chi connectivity index (χ4v) is 2.49. The molecule has 1 N–H and O–H groups in total. The number of rotatable bonds is 4. The van der Waals surface area contributed by atoms with Crippen LogP contribution in [0.15, 0.2) is 48.5 Å². The monoisotopic (exact) mass is 322 g/mol. The number of halogens is 2. The lowest BCUT2D eigenvalue weighted by atomic mass is 10.2. The average Bonchev–Trinajstić information content (AvgIpc) is 2.54. The number of nitrogens with zero attached hydrogens (tertiary/aromatic N) is 1. The van der Waals surface area contributed by atoms with Crippen LogP contribution in [0.2, 0.25) is 0 Å². The van der Waals surface area contributed by atoms with Gasteiger partial charge in [0.25, 0.3) is 0 Å². The van der Waals surface area contributed by atoms with Gasteiger partial charge in [0.15, 0.2) is 0 Å². The molecular weight excluding hydrogens is 303 g/mol. The molecule has 3 nitrogen and oxygen atoms in total. The van der Waals surface area contributed by atoms with E-state index in [2.05, 4.69) is 16.3 Å². The van der Waals surface area contributed by atoms with Crippen molar-refractivity contribution in [1.29, 1.82) is 0 Å². The first-order chi connectivity index (χ1) is 10.3. The van der Waals surface area contributed by atoms with E-state index in [1.165, 1.54) is 17.8 Å². The van der Waals surface area contributed by atoms with Gasteiger partial charge in [-0.05, 0) is 29.8 Å². The summed E-state index contributed by atoms with van der Waals surface area (Å²) in [5.41, 5.74) is 2.01. The highest BCUT2D eigenvalue weighted by Crippen LogP contribution is 2.22. The van der Waals surface area contributed by atoms with Crippen LogP contribution in [0.25, 0.3) is 0 Å². The summed E-state index contributed by atoms with van der Waals surface area (Å²) in [6.07, 6.45) is 0. The number of nitrogens with one attached hydrogen (secondary N) is 1. The highest BCUT2D eigenvalue weighted by Gasteiger charge is 2.10. The minimum Gasteiger partial charge on any atom is -0.489 e. The van der Waals surface area contributed by atoms with Crippen LogP contribution in [-0.4, -0.2) is 26.2 Å². The predicted octanol–water partition coefficient (Wildman–Crippen LogP) is 3.24. The van der Waals surface area contributed by atoms with Crippen LogP contribution in [0.3, 0.4) is 0 Å². The van der Waals surface area contributed by atoms with E-state index in [-0.39, 0.29) is 18.2 Å². The Kier molecular flexibility index (Phi) is 6.04. The molecule has 0 aromatic heterocycles. The van der Waals surface area contributed by atoms with E-state index in [1.54, 1.807) is 6.07 Å². The van der Waals surface area contributed by atoms with Crippen molar-refractivity contribution < 1.29 is 9.13 Å². The van der Waals surface area contributed by atoms with E-state index in [4.69, 9.17) is 4.74 Å². The molecule has 0 bridgehead atoms. The average molecular weight is 323 g/mol. The second kappa shape index (κ2) is 8.01. The van der Waals surface area contributed by atoms with Crippen molar-refractivity contribution >= 4 is 18.1 Å². The van der Waals surface area contributed by atoms with Crippen molar-refractivity contribution in [2.75, 3.05) is 31.1 Å². The van der Waals surface area contributed by atoms with Gasteiger partial charge in [-0.3, -0.25) is 0 Å². The fourth-order valence-electron chi connectivity index (χ4n) is 2.49. The molecule has 1 saturated heterocycles. The summed E-state index contributed by atoms with van der Waals surface area (Å²) in [4.78, 5) is 2.34. The van der Waals surface area contributed by atoms with Gasteiger partial charge in [0.2, 0.25) is 0 Å². The molecular formula is C17H20ClFN2O. The molecule has 0 radical (unpaired) electrons. The lowest BCUT2D eigenvalue weighted by Crippen LogP contribution is -2.43. The molecule has 1 heterocycles. The first-order valence-electron chi connectivity index (χ1n) is 7.24. The summed E-state index contributed by atoms with van der Waals surface area (Å²) < 4.78 is 18.9. The Balaban J connectivity index is 0.00000176. The summed E-state index contributed by atoms with van der Waals surface area (Å²) >= 11 is 0. The zero-order valence-electron chi connectivity index (χ0n) is 12.3. The molecule has 1 aliphatic heterocycles. The summed E-state index contributed by atoms with van der Waals surface area (Å²) in [7, 11) is 0. The first kappa shape index (κ1) is 16.6. The molecule has 0 unspecified atom stereocenters. The van der Waals surface area contributed by atoms with E-state index in [0.717, 1.165) is 37.5 Å². The van der Waals surface area contributed by atoms with Crippen molar-refractivity contribution in [3.8, 4) is 5.75 Å². The van der Waals surface area contributed by atoms with Crippen LogP contribution < -0.4 is 15.0 Å². The molecule has 22 heavy (non-hydrogen) atoms. The number of ether oxygens (including phenoxy) is 1. The minimum atomic E-state index is -0.231. The lowest BCUT2D eigenvalue weighted by Gasteiger charge is -2.29.